The summed E-state index contributed by atoms with van der Waals surface area (Å²) in [5.41, 5.74) is -0.112. The number of amides is 1. The standard InChI is InChI=1S/C16H18ClN3O3/c17-11-7-13-14(23-6-5-22-13)8-12(11)19-9-15(21)20-16(10-18)3-1-2-4-16/h7-8,19H,1-6,9H2,(H,20,21). The molecule has 0 unspecified atom stereocenters. The number of carbonyl (C=O) groups excluding carboxylic acids is 1. The Labute approximate surface area is 139 Å². The van der Waals surface area contributed by atoms with Crippen LogP contribution in [0.5, 0.6) is 11.5 Å². The Kier molecular flexibility index (Phi) is 4.49. The molecule has 122 valence electrons. The number of fused-ring (bicyclic) bond motifs is 1. The molecule has 1 aromatic rings. The number of rotatable bonds is 4. The number of nitrogens with one attached hydrogen (secondary N) is 2. The van der Waals surface area contributed by atoms with Crippen molar-refractivity contribution < 1.29 is 14.3 Å². The van der Waals surface area contributed by atoms with Gasteiger partial charge in [0.15, 0.2) is 11.5 Å². The van der Waals surface area contributed by atoms with Gasteiger partial charge in [-0.2, -0.15) is 5.26 Å². The van der Waals surface area contributed by atoms with E-state index in [1.54, 1.807) is 12.1 Å². The van der Waals surface area contributed by atoms with Crippen LogP contribution in [-0.4, -0.2) is 31.2 Å². The second-order valence-electron chi connectivity index (χ2n) is 5.78. The average Bonchev–Trinajstić information content (AvgIpc) is 3.02. The normalized spacial score (nSPS) is 18.1. The molecule has 1 aromatic carbocycles. The number of hydrogen-bond donors (Lipinski definition) is 2. The molecule has 1 aliphatic heterocycles. The molecule has 0 radical (unpaired) electrons. The third-order valence-electron chi connectivity index (χ3n) is 4.12. The van der Waals surface area contributed by atoms with Crippen molar-refractivity contribution in [1.29, 1.82) is 5.26 Å². The second kappa shape index (κ2) is 6.55. The Hall–Kier alpha value is -2.13. The van der Waals surface area contributed by atoms with Gasteiger partial charge >= 0.3 is 0 Å². The summed E-state index contributed by atoms with van der Waals surface area (Å²) < 4.78 is 10.9. The van der Waals surface area contributed by atoms with E-state index in [1.165, 1.54) is 0 Å². The number of hydrogen-bond acceptors (Lipinski definition) is 5. The van der Waals surface area contributed by atoms with Gasteiger partial charge in [-0.15, -0.1) is 0 Å². The predicted molar refractivity (Wildman–Crippen MR) is 85.9 cm³/mol. The van der Waals surface area contributed by atoms with Crippen LogP contribution >= 0.6 is 11.6 Å². The largest absolute Gasteiger partial charge is 0.486 e. The molecule has 7 heteroatoms. The van der Waals surface area contributed by atoms with Crippen LogP contribution < -0.4 is 20.1 Å². The predicted octanol–water partition coefficient (Wildman–Crippen LogP) is 2.48. The first-order chi connectivity index (χ1) is 11.1. The molecule has 2 N–H and O–H groups in total. The summed E-state index contributed by atoms with van der Waals surface area (Å²) in [5.74, 6) is 0.984. The Morgan fingerprint density at radius 1 is 1.26 bits per heavy atom. The van der Waals surface area contributed by atoms with Crippen LogP contribution in [0.2, 0.25) is 5.02 Å². The van der Waals surface area contributed by atoms with E-state index in [1.807, 2.05) is 0 Å². The Morgan fingerprint density at radius 3 is 2.57 bits per heavy atom. The van der Waals surface area contributed by atoms with Gasteiger partial charge in [-0.1, -0.05) is 11.6 Å². The maximum Gasteiger partial charge on any atom is 0.240 e. The maximum absolute atomic E-state index is 12.1. The zero-order valence-electron chi connectivity index (χ0n) is 12.7. The molecular formula is C16H18ClN3O3. The smallest absolute Gasteiger partial charge is 0.240 e. The van der Waals surface area contributed by atoms with Gasteiger partial charge in [0.25, 0.3) is 0 Å². The van der Waals surface area contributed by atoms with Gasteiger partial charge in [0.2, 0.25) is 5.91 Å². The number of carbonyl (C=O) groups is 1. The van der Waals surface area contributed by atoms with Gasteiger partial charge < -0.3 is 20.1 Å². The van der Waals surface area contributed by atoms with Crippen LogP contribution in [0.25, 0.3) is 0 Å². The molecule has 1 amide bonds. The van der Waals surface area contributed by atoms with E-state index in [2.05, 4.69) is 16.7 Å². The van der Waals surface area contributed by atoms with Crippen LogP contribution in [-0.2, 0) is 4.79 Å². The first-order valence-corrected chi connectivity index (χ1v) is 8.05. The van der Waals surface area contributed by atoms with Crippen LogP contribution in [0.4, 0.5) is 5.69 Å². The zero-order chi connectivity index (χ0) is 16.3. The molecular weight excluding hydrogens is 318 g/mol. The van der Waals surface area contributed by atoms with Crippen molar-refractivity contribution in [2.45, 2.75) is 31.2 Å². The van der Waals surface area contributed by atoms with Crippen molar-refractivity contribution in [2.75, 3.05) is 25.1 Å². The molecule has 1 heterocycles. The maximum atomic E-state index is 12.1. The van der Waals surface area contributed by atoms with Crippen molar-refractivity contribution in [2.24, 2.45) is 0 Å². The van der Waals surface area contributed by atoms with E-state index in [4.69, 9.17) is 21.1 Å². The Morgan fingerprint density at radius 2 is 1.91 bits per heavy atom. The number of anilines is 1. The van der Waals surface area contributed by atoms with Crippen molar-refractivity contribution in [3.63, 3.8) is 0 Å². The van der Waals surface area contributed by atoms with E-state index in [0.717, 1.165) is 12.8 Å². The van der Waals surface area contributed by atoms with Crippen molar-refractivity contribution in [3.8, 4) is 17.6 Å². The summed E-state index contributed by atoms with van der Waals surface area (Å²) in [7, 11) is 0. The van der Waals surface area contributed by atoms with Gasteiger partial charge in [-0.25, -0.2) is 0 Å². The van der Waals surface area contributed by atoms with Crippen LogP contribution in [0.3, 0.4) is 0 Å². The van der Waals surface area contributed by atoms with Crippen molar-refractivity contribution >= 4 is 23.2 Å². The summed E-state index contributed by atoms with van der Waals surface area (Å²) in [4.78, 5) is 12.1. The second-order valence-corrected chi connectivity index (χ2v) is 6.19. The summed E-state index contributed by atoms with van der Waals surface area (Å²) in [5, 5.41) is 15.6. The minimum absolute atomic E-state index is 0.0444. The highest BCUT2D eigenvalue weighted by Gasteiger charge is 2.35. The number of benzene rings is 1. The molecule has 1 saturated carbocycles. The highest BCUT2D eigenvalue weighted by atomic mass is 35.5. The highest BCUT2D eigenvalue weighted by molar-refractivity contribution is 6.33. The lowest BCUT2D eigenvalue weighted by Crippen LogP contribution is -2.47. The topological polar surface area (TPSA) is 83.4 Å². The Balaban J connectivity index is 1.62. The van der Waals surface area contributed by atoms with E-state index in [0.29, 0.717) is 48.3 Å². The first kappa shape index (κ1) is 15.8. The third-order valence-corrected chi connectivity index (χ3v) is 4.43. The minimum Gasteiger partial charge on any atom is -0.486 e. The number of halogens is 1. The molecule has 0 bridgehead atoms. The van der Waals surface area contributed by atoms with Gasteiger partial charge in [0.1, 0.15) is 18.8 Å². The molecule has 23 heavy (non-hydrogen) atoms. The minimum atomic E-state index is -0.713. The van der Waals surface area contributed by atoms with E-state index in [9.17, 15) is 10.1 Å². The molecule has 6 nitrogen and oxygen atoms in total. The molecule has 0 spiro atoms. The van der Waals surface area contributed by atoms with Crippen molar-refractivity contribution in [3.05, 3.63) is 17.2 Å². The summed E-state index contributed by atoms with van der Waals surface area (Å²) in [6.07, 6.45) is 3.35. The van der Waals surface area contributed by atoms with Crippen molar-refractivity contribution in [1.82, 2.24) is 5.32 Å². The van der Waals surface area contributed by atoms with Crippen LogP contribution in [0.15, 0.2) is 12.1 Å². The average molecular weight is 336 g/mol. The molecule has 1 aliphatic carbocycles. The fraction of sp³-hybridized carbons (Fsp3) is 0.500. The fourth-order valence-electron chi connectivity index (χ4n) is 2.93. The molecule has 2 aliphatic rings. The quantitative estimate of drug-likeness (QED) is 0.883. The van der Waals surface area contributed by atoms with Gasteiger partial charge in [-0.3, -0.25) is 4.79 Å². The number of ether oxygens (including phenoxy) is 2. The van der Waals surface area contributed by atoms with E-state index < -0.39 is 5.54 Å². The van der Waals surface area contributed by atoms with Crippen LogP contribution in [0.1, 0.15) is 25.7 Å². The van der Waals surface area contributed by atoms with Gasteiger partial charge in [0, 0.05) is 12.1 Å². The molecule has 3 rings (SSSR count). The van der Waals surface area contributed by atoms with E-state index >= 15 is 0 Å². The van der Waals surface area contributed by atoms with Gasteiger partial charge in [-0.05, 0) is 25.7 Å². The monoisotopic (exact) mass is 335 g/mol. The fourth-order valence-corrected chi connectivity index (χ4v) is 3.15. The lowest BCUT2D eigenvalue weighted by molar-refractivity contribution is -0.120. The molecule has 0 saturated heterocycles. The SMILES string of the molecule is N#CC1(NC(=O)CNc2cc3c(cc2Cl)OCCO3)CCCC1. The lowest BCUT2D eigenvalue weighted by Gasteiger charge is -2.23. The van der Waals surface area contributed by atoms with E-state index in [-0.39, 0.29) is 12.5 Å². The third kappa shape index (κ3) is 3.45. The highest BCUT2D eigenvalue weighted by Crippen LogP contribution is 2.37. The summed E-state index contributed by atoms with van der Waals surface area (Å²) >= 11 is 6.19. The Bertz CT molecular complexity index is 651. The summed E-state index contributed by atoms with van der Waals surface area (Å²) in [6.45, 7) is 1.02. The zero-order valence-corrected chi connectivity index (χ0v) is 13.4. The number of nitriles is 1. The van der Waals surface area contributed by atoms with Gasteiger partial charge in [0.05, 0.1) is 23.3 Å². The first-order valence-electron chi connectivity index (χ1n) is 7.67. The van der Waals surface area contributed by atoms with Crippen LogP contribution in [0, 0.1) is 11.3 Å². The number of nitrogens with zero attached hydrogens (tertiary/aromatic N) is 1. The molecule has 0 atom stereocenters. The molecule has 1 fully saturated rings. The lowest BCUT2D eigenvalue weighted by atomic mass is 10.00. The molecule has 0 aromatic heterocycles. The summed E-state index contributed by atoms with van der Waals surface area (Å²) in [6, 6.07) is 5.63.